The van der Waals surface area contributed by atoms with Gasteiger partial charge in [0.1, 0.15) is 0 Å². The lowest BCUT2D eigenvalue weighted by Crippen LogP contribution is -2.46. The molecule has 16 heavy (non-hydrogen) atoms. The minimum absolute atomic E-state index is 0.477. The number of amides is 1. The summed E-state index contributed by atoms with van der Waals surface area (Å²) in [6.07, 6.45) is 2.85. The molecule has 1 rings (SSSR count). The van der Waals surface area contributed by atoms with Crippen molar-refractivity contribution in [3.8, 4) is 0 Å². The molecule has 1 atom stereocenters. The fourth-order valence-electron chi connectivity index (χ4n) is 1.66. The monoisotopic (exact) mass is 230 g/mol. The highest BCUT2D eigenvalue weighted by Crippen LogP contribution is 2.17. The second-order valence-corrected chi connectivity index (χ2v) is 3.95. The molecule has 1 aliphatic rings. The van der Waals surface area contributed by atoms with E-state index in [0.29, 0.717) is 12.5 Å². The van der Waals surface area contributed by atoms with Crippen LogP contribution in [0.5, 0.6) is 0 Å². The molecular formula is C10H18N2O4. The SMILES string of the molecule is NC(C(=O)O)C(=O)NCCC1CCOCC1. The Kier molecular flexibility index (Phi) is 5.21. The highest BCUT2D eigenvalue weighted by molar-refractivity contribution is 6.00. The Morgan fingerprint density at radius 2 is 2.06 bits per heavy atom. The Balaban J connectivity index is 2.14. The number of nitrogens with one attached hydrogen (secondary N) is 1. The van der Waals surface area contributed by atoms with Gasteiger partial charge in [-0.25, -0.2) is 4.79 Å². The van der Waals surface area contributed by atoms with Crippen molar-refractivity contribution in [1.29, 1.82) is 0 Å². The Hall–Kier alpha value is -1.14. The number of aliphatic carboxylic acids is 1. The van der Waals surface area contributed by atoms with Crippen molar-refractivity contribution < 1.29 is 19.4 Å². The van der Waals surface area contributed by atoms with Crippen molar-refractivity contribution in [2.45, 2.75) is 25.3 Å². The average molecular weight is 230 g/mol. The lowest BCUT2D eigenvalue weighted by Gasteiger charge is -2.22. The zero-order chi connectivity index (χ0) is 12.0. The maximum absolute atomic E-state index is 11.2. The normalized spacial score (nSPS) is 19.1. The van der Waals surface area contributed by atoms with Crippen molar-refractivity contribution in [1.82, 2.24) is 5.32 Å². The van der Waals surface area contributed by atoms with E-state index in [1.54, 1.807) is 0 Å². The van der Waals surface area contributed by atoms with Crippen LogP contribution in [-0.2, 0) is 14.3 Å². The molecule has 0 radical (unpaired) electrons. The topological polar surface area (TPSA) is 102 Å². The van der Waals surface area contributed by atoms with Gasteiger partial charge in [0.15, 0.2) is 6.04 Å². The first kappa shape index (κ1) is 12.9. The number of carbonyl (C=O) groups is 2. The van der Waals surface area contributed by atoms with Gasteiger partial charge in [-0.15, -0.1) is 0 Å². The minimum atomic E-state index is -1.46. The lowest BCUT2D eigenvalue weighted by molar-refractivity contribution is -0.142. The van der Waals surface area contributed by atoms with Crippen LogP contribution in [0.2, 0.25) is 0 Å². The van der Waals surface area contributed by atoms with Gasteiger partial charge in [0, 0.05) is 19.8 Å². The zero-order valence-electron chi connectivity index (χ0n) is 9.15. The molecule has 1 fully saturated rings. The van der Waals surface area contributed by atoms with Gasteiger partial charge in [-0.3, -0.25) is 4.79 Å². The maximum atomic E-state index is 11.2. The average Bonchev–Trinajstić information content (AvgIpc) is 2.29. The second-order valence-electron chi connectivity index (χ2n) is 3.95. The van der Waals surface area contributed by atoms with Gasteiger partial charge in [0.05, 0.1) is 0 Å². The highest BCUT2D eigenvalue weighted by atomic mass is 16.5. The quantitative estimate of drug-likeness (QED) is 0.544. The Bertz CT molecular complexity index is 251. The summed E-state index contributed by atoms with van der Waals surface area (Å²) in [7, 11) is 0. The van der Waals surface area contributed by atoms with E-state index in [-0.39, 0.29) is 0 Å². The molecule has 1 unspecified atom stereocenters. The van der Waals surface area contributed by atoms with E-state index in [9.17, 15) is 9.59 Å². The van der Waals surface area contributed by atoms with Crippen LogP contribution in [0.3, 0.4) is 0 Å². The molecule has 1 aliphatic heterocycles. The second kappa shape index (κ2) is 6.44. The van der Waals surface area contributed by atoms with E-state index in [2.05, 4.69) is 5.32 Å². The van der Waals surface area contributed by atoms with Crippen LogP contribution in [0.15, 0.2) is 0 Å². The molecule has 1 heterocycles. The third-order valence-electron chi connectivity index (χ3n) is 2.74. The highest BCUT2D eigenvalue weighted by Gasteiger charge is 2.21. The fourth-order valence-corrected chi connectivity index (χ4v) is 1.66. The lowest BCUT2D eigenvalue weighted by atomic mass is 9.97. The van der Waals surface area contributed by atoms with Crippen LogP contribution in [-0.4, -0.2) is 42.8 Å². The summed E-state index contributed by atoms with van der Waals surface area (Å²) in [6.45, 7) is 2.02. The van der Waals surface area contributed by atoms with E-state index in [1.165, 1.54) is 0 Å². The first-order valence-corrected chi connectivity index (χ1v) is 5.45. The smallest absolute Gasteiger partial charge is 0.330 e. The number of hydrogen-bond donors (Lipinski definition) is 3. The van der Waals surface area contributed by atoms with Crippen LogP contribution < -0.4 is 11.1 Å². The molecule has 0 aliphatic carbocycles. The molecular weight excluding hydrogens is 212 g/mol. The fraction of sp³-hybridized carbons (Fsp3) is 0.800. The molecule has 0 aromatic carbocycles. The van der Waals surface area contributed by atoms with E-state index in [4.69, 9.17) is 15.6 Å². The first-order chi connectivity index (χ1) is 7.61. The summed E-state index contributed by atoms with van der Waals surface area (Å²) in [5, 5.41) is 11.0. The zero-order valence-corrected chi connectivity index (χ0v) is 9.15. The number of hydrogen-bond acceptors (Lipinski definition) is 4. The van der Waals surface area contributed by atoms with Gasteiger partial charge in [-0.2, -0.15) is 0 Å². The van der Waals surface area contributed by atoms with Crippen molar-refractivity contribution in [2.24, 2.45) is 11.7 Å². The standard InChI is InChI=1S/C10H18N2O4/c11-8(10(14)15)9(13)12-4-1-7-2-5-16-6-3-7/h7-8H,1-6,11H2,(H,12,13)(H,14,15). The predicted octanol–water partition coefficient (Wildman–Crippen LogP) is -0.669. The van der Waals surface area contributed by atoms with Crippen molar-refractivity contribution in [3.05, 3.63) is 0 Å². The van der Waals surface area contributed by atoms with Crippen molar-refractivity contribution >= 4 is 11.9 Å². The largest absolute Gasteiger partial charge is 0.480 e. The van der Waals surface area contributed by atoms with Crippen LogP contribution in [0, 0.1) is 5.92 Å². The van der Waals surface area contributed by atoms with E-state index >= 15 is 0 Å². The Labute approximate surface area is 94.1 Å². The maximum Gasteiger partial charge on any atom is 0.330 e. The van der Waals surface area contributed by atoms with Crippen molar-refractivity contribution in [3.63, 3.8) is 0 Å². The summed E-state index contributed by atoms with van der Waals surface area (Å²) in [5.41, 5.74) is 5.15. The van der Waals surface area contributed by atoms with Gasteiger partial charge in [0.2, 0.25) is 5.91 Å². The summed E-state index contributed by atoms with van der Waals surface area (Å²) in [5.74, 6) is -1.38. The van der Waals surface area contributed by atoms with Gasteiger partial charge in [-0.1, -0.05) is 0 Å². The van der Waals surface area contributed by atoms with Crippen molar-refractivity contribution in [2.75, 3.05) is 19.8 Å². The molecule has 0 saturated carbocycles. The van der Waals surface area contributed by atoms with Gasteiger partial charge >= 0.3 is 5.97 Å². The first-order valence-electron chi connectivity index (χ1n) is 5.45. The van der Waals surface area contributed by atoms with E-state index in [1.807, 2.05) is 0 Å². The number of carbonyl (C=O) groups excluding carboxylic acids is 1. The molecule has 0 aromatic rings. The van der Waals surface area contributed by atoms with Gasteiger partial charge in [0.25, 0.3) is 0 Å². The molecule has 0 spiro atoms. The minimum Gasteiger partial charge on any atom is -0.480 e. The summed E-state index contributed by atoms with van der Waals surface area (Å²) < 4.78 is 5.21. The molecule has 6 nitrogen and oxygen atoms in total. The number of carboxylic acid groups (broad SMARTS) is 1. The Morgan fingerprint density at radius 1 is 1.44 bits per heavy atom. The summed E-state index contributed by atoms with van der Waals surface area (Å²) in [6, 6.07) is -1.46. The molecule has 6 heteroatoms. The molecule has 1 amide bonds. The third-order valence-corrected chi connectivity index (χ3v) is 2.74. The van der Waals surface area contributed by atoms with E-state index < -0.39 is 17.9 Å². The molecule has 1 saturated heterocycles. The summed E-state index contributed by atoms with van der Waals surface area (Å²) in [4.78, 5) is 21.6. The van der Waals surface area contributed by atoms with Gasteiger partial charge in [-0.05, 0) is 25.2 Å². The van der Waals surface area contributed by atoms with Crippen LogP contribution in [0.4, 0.5) is 0 Å². The third kappa shape index (κ3) is 4.16. The Morgan fingerprint density at radius 3 is 2.62 bits per heavy atom. The van der Waals surface area contributed by atoms with Crippen LogP contribution in [0.25, 0.3) is 0 Å². The summed E-state index contributed by atoms with van der Waals surface area (Å²) >= 11 is 0. The number of ether oxygens (including phenoxy) is 1. The number of nitrogens with two attached hydrogens (primary N) is 1. The number of rotatable bonds is 5. The molecule has 0 bridgehead atoms. The molecule has 0 aromatic heterocycles. The van der Waals surface area contributed by atoms with Crippen LogP contribution >= 0.6 is 0 Å². The van der Waals surface area contributed by atoms with E-state index in [0.717, 1.165) is 32.5 Å². The van der Waals surface area contributed by atoms with Gasteiger partial charge < -0.3 is 20.9 Å². The van der Waals surface area contributed by atoms with Crippen LogP contribution in [0.1, 0.15) is 19.3 Å². The number of carboxylic acids is 1. The predicted molar refractivity (Wildman–Crippen MR) is 56.8 cm³/mol. The molecule has 92 valence electrons. The molecule has 4 N–H and O–H groups in total.